The largest absolute Gasteiger partial charge is 0.0622 e. The molecule has 4 aromatic rings. The molecule has 0 aliphatic rings. The smallest absolute Gasteiger partial charge is 0.0189 e. The molecule has 4 rings (SSSR count). The van der Waals surface area contributed by atoms with E-state index in [2.05, 4.69) is 111 Å². The molecule has 0 saturated carbocycles. The van der Waals surface area contributed by atoms with Crippen molar-refractivity contribution in [3.05, 3.63) is 108 Å². The van der Waals surface area contributed by atoms with Crippen LogP contribution >= 0.6 is 21.6 Å². The molecule has 0 aromatic heterocycles. The van der Waals surface area contributed by atoms with Gasteiger partial charge in [0.2, 0.25) is 0 Å². The predicted octanol–water partition coefficient (Wildman–Crippen LogP) is 8.94. The van der Waals surface area contributed by atoms with E-state index in [9.17, 15) is 0 Å². The Morgan fingerprint density at radius 3 is 1.27 bits per heavy atom. The maximum atomic E-state index is 2.35. The van der Waals surface area contributed by atoms with Gasteiger partial charge >= 0.3 is 0 Å². The van der Waals surface area contributed by atoms with Crippen molar-refractivity contribution >= 4 is 21.6 Å². The number of hydrogen-bond acceptors (Lipinski definition) is 2. The Morgan fingerprint density at radius 2 is 0.900 bits per heavy atom. The van der Waals surface area contributed by atoms with Crippen LogP contribution in [-0.2, 0) is 12.8 Å². The maximum absolute atomic E-state index is 2.35. The first-order chi connectivity index (χ1) is 14.8. The summed E-state index contributed by atoms with van der Waals surface area (Å²) in [5, 5.41) is 0. The van der Waals surface area contributed by atoms with E-state index in [0.29, 0.717) is 0 Å². The van der Waals surface area contributed by atoms with Crippen molar-refractivity contribution in [3.63, 3.8) is 0 Å². The topological polar surface area (TPSA) is 0 Å². The number of benzene rings is 4. The highest BCUT2D eigenvalue weighted by Crippen LogP contribution is 2.40. The number of rotatable bonds is 7. The summed E-state index contributed by atoms with van der Waals surface area (Å²) < 4.78 is 0. The fourth-order valence-electron chi connectivity index (χ4n) is 3.72. The Hall–Kier alpha value is -2.42. The zero-order valence-electron chi connectivity index (χ0n) is 17.5. The van der Waals surface area contributed by atoms with Crippen LogP contribution in [0, 0.1) is 0 Å². The number of aryl methyl sites for hydroxylation is 2. The van der Waals surface area contributed by atoms with Crippen molar-refractivity contribution in [2.45, 2.75) is 36.5 Å². The minimum absolute atomic E-state index is 1.04. The van der Waals surface area contributed by atoms with Crippen LogP contribution in [0.2, 0.25) is 0 Å². The summed E-state index contributed by atoms with van der Waals surface area (Å²) in [5.74, 6) is 0. The fraction of sp³-hybridized carbons (Fsp3) is 0.143. The maximum Gasteiger partial charge on any atom is 0.0189 e. The van der Waals surface area contributed by atoms with Gasteiger partial charge < -0.3 is 0 Å². The second-order valence-electron chi connectivity index (χ2n) is 7.24. The molecule has 0 bridgehead atoms. The summed E-state index contributed by atoms with van der Waals surface area (Å²) >= 11 is 0. The van der Waals surface area contributed by atoms with Gasteiger partial charge in [-0.2, -0.15) is 0 Å². The van der Waals surface area contributed by atoms with Crippen molar-refractivity contribution in [1.29, 1.82) is 0 Å². The van der Waals surface area contributed by atoms with Crippen LogP contribution in [0.15, 0.2) is 107 Å². The Bertz CT molecular complexity index is 1010. The molecule has 0 unspecified atom stereocenters. The average molecular weight is 427 g/mol. The first kappa shape index (κ1) is 20.8. The quantitative estimate of drug-likeness (QED) is 0.270. The highest BCUT2D eigenvalue weighted by Gasteiger charge is 2.08. The highest BCUT2D eigenvalue weighted by atomic mass is 33.1. The second kappa shape index (κ2) is 10.1. The zero-order chi connectivity index (χ0) is 20.8. The molecule has 4 aromatic carbocycles. The first-order valence-electron chi connectivity index (χ1n) is 10.5. The lowest BCUT2D eigenvalue weighted by Gasteiger charge is -2.12. The normalized spacial score (nSPS) is 10.9. The Labute approximate surface area is 188 Å². The van der Waals surface area contributed by atoms with Crippen LogP contribution in [0.5, 0.6) is 0 Å². The molecule has 0 nitrogen and oxygen atoms in total. The second-order valence-corrected chi connectivity index (χ2v) is 9.52. The van der Waals surface area contributed by atoms with Gasteiger partial charge in [-0.25, -0.2) is 0 Å². The van der Waals surface area contributed by atoms with Crippen molar-refractivity contribution in [1.82, 2.24) is 0 Å². The lowest BCUT2D eigenvalue weighted by atomic mass is 9.98. The predicted molar refractivity (Wildman–Crippen MR) is 134 cm³/mol. The van der Waals surface area contributed by atoms with Gasteiger partial charge in [0.05, 0.1) is 0 Å². The van der Waals surface area contributed by atoms with Crippen LogP contribution in [0.3, 0.4) is 0 Å². The highest BCUT2D eigenvalue weighted by molar-refractivity contribution is 8.76. The van der Waals surface area contributed by atoms with E-state index in [-0.39, 0.29) is 0 Å². The molecule has 0 radical (unpaired) electrons. The van der Waals surface area contributed by atoms with Gasteiger partial charge in [0.1, 0.15) is 0 Å². The van der Waals surface area contributed by atoms with Crippen molar-refractivity contribution in [2.75, 3.05) is 0 Å². The lowest BCUT2D eigenvalue weighted by molar-refractivity contribution is 1.13. The Balaban J connectivity index is 1.52. The van der Waals surface area contributed by atoms with Crippen LogP contribution in [0.4, 0.5) is 0 Å². The van der Waals surface area contributed by atoms with Crippen molar-refractivity contribution in [3.8, 4) is 22.3 Å². The molecule has 150 valence electrons. The molecule has 0 saturated heterocycles. The molecule has 0 aliphatic heterocycles. The molecule has 0 heterocycles. The summed E-state index contributed by atoms with van der Waals surface area (Å²) in [5.41, 5.74) is 8.08. The van der Waals surface area contributed by atoms with Gasteiger partial charge in [-0.1, -0.05) is 108 Å². The molecule has 0 N–H and O–H groups in total. The molecule has 30 heavy (non-hydrogen) atoms. The van der Waals surface area contributed by atoms with E-state index in [1.165, 1.54) is 43.2 Å². The van der Waals surface area contributed by atoms with E-state index in [4.69, 9.17) is 0 Å². The van der Waals surface area contributed by atoms with Crippen LogP contribution in [-0.4, -0.2) is 0 Å². The fourth-order valence-corrected chi connectivity index (χ4v) is 5.74. The molecular weight excluding hydrogens is 400 g/mol. The summed E-state index contributed by atoms with van der Waals surface area (Å²) in [6, 6.07) is 35.1. The SMILES string of the molecule is CCc1cc(SSc2ccc(-c3ccccc3)c(CC)c2)ccc1-c1ccccc1. The van der Waals surface area contributed by atoms with Crippen molar-refractivity contribution in [2.24, 2.45) is 0 Å². The molecule has 2 heteroatoms. The zero-order valence-corrected chi connectivity index (χ0v) is 19.1. The first-order valence-corrected chi connectivity index (χ1v) is 12.6. The van der Waals surface area contributed by atoms with Crippen molar-refractivity contribution < 1.29 is 0 Å². The van der Waals surface area contributed by atoms with E-state index >= 15 is 0 Å². The molecular formula is C28H26S2. The monoisotopic (exact) mass is 426 g/mol. The minimum atomic E-state index is 1.04. The Morgan fingerprint density at radius 1 is 0.500 bits per heavy atom. The lowest BCUT2D eigenvalue weighted by Crippen LogP contribution is -1.89. The number of hydrogen-bond donors (Lipinski definition) is 0. The molecule has 0 atom stereocenters. The molecule has 0 amide bonds. The molecule has 0 fully saturated rings. The van der Waals surface area contributed by atoms with Gasteiger partial charge in [0.25, 0.3) is 0 Å². The standard InChI is InChI=1S/C28H26S2/c1-3-21-19-25(15-17-27(21)23-11-7-5-8-12-23)29-30-26-16-18-28(22(4-2)20-26)24-13-9-6-10-14-24/h5-20H,3-4H2,1-2H3. The van der Waals surface area contributed by atoms with Crippen LogP contribution < -0.4 is 0 Å². The summed E-state index contributed by atoms with van der Waals surface area (Å²) in [7, 11) is 3.69. The van der Waals surface area contributed by atoms with Gasteiger partial charge in [0.15, 0.2) is 0 Å². The minimum Gasteiger partial charge on any atom is -0.0622 e. The summed E-state index contributed by atoms with van der Waals surface area (Å²) in [4.78, 5) is 2.61. The Kier molecular flexibility index (Phi) is 6.99. The van der Waals surface area contributed by atoms with Gasteiger partial charge in [-0.15, -0.1) is 0 Å². The summed E-state index contributed by atoms with van der Waals surface area (Å²) in [6.07, 6.45) is 2.07. The van der Waals surface area contributed by atoms with Gasteiger partial charge in [-0.05, 0) is 70.5 Å². The summed E-state index contributed by atoms with van der Waals surface area (Å²) in [6.45, 7) is 4.47. The van der Waals surface area contributed by atoms with Crippen LogP contribution in [0.25, 0.3) is 22.3 Å². The molecule has 0 aliphatic carbocycles. The van der Waals surface area contributed by atoms with E-state index in [1.54, 1.807) is 0 Å². The third-order valence-corrected chi connectivity index (χ3v) is 7.70. The van der Waals surface area contributed by atoms with E-state index < -0.39 is 0 Å². The average Bonchev–Trinajstić information content (AvgIpc) is 2.83. The van der Waals surface area contributed by atoms with Gasteiger partial charge in [-0.3, -0.25) is 0 Å². The third kappa shape index (κ3) is 4.83. The van der Waals surface area contributed by atoms with Gasteiger partial charge in [0, 0.05) is 9.79 Å². The third-order valence-electron chi connectivity index (χ3n) is 5.32. The van der Waals surface area contributed by atoms with Crippen LogP contribution in [0.1, 0.15) is 25.0 Å². The molecule has 0 spiro atoms. The van der Waals surface area contributed by atoms with E-state index in [1.807, 2.05) is 21.6 Å². The van der Waals surface area contributed by atoms with E-state index in [0.717, 1.165) is 12.8 Å².